The summed E-state index contributed by atoms with van der Waals surface area (Å²) in [4.78, 5) is 4.14. The van der Waals surface area contributed by atoms with Crippen molar-refractivity contribution in [2.45, 2.75) is 13.5 Å². The molecule has 0 aliphatic carbocycles. The molecule has 2 N–H and O–H groups in total. The summed E-state index contributed by atoms with van der Waals surface area (Å²) in [6.07, 6.45) is 5.40. The number of H-pyrrole nitrogens is 1. The van der Waals surface area contributed by atoms with Gasteiger partial charge < -0.3 is 5.32 Å². The Hall–Kier alpha value is -2.33. The number of aromatic nitrogens is 3. The number of nitrogens with one attached hydrogen (secondary N) is 2. The summed E-state index contributed by atoms with van der Waals surface area (Å²) in [6.45, 7) is 2.66. The first-order chi connectivity index (χ1) is 10.2. The first kappa shape index (κ1) is 13.6. The molecule has 0 saturated carbocycles. The van der Waals surface area contributed by atoms with Gasteiger partial charge in [0.25, 0.3) is 0 Å². The second-order valence-electron chi connectivity index (χ2n) is 4.83. The molecule has 0 saturated heterocycles. The highest BCUT2D eigenvalue weighted by Crippen LogP contribution is 2.23. The third-order valence-electron chi connectivity index (χ3n) is 3.32. The van der Waals surface area contributed by atoms with Crippen LogP contribution in [0.5, 0.6) is 0 Å². The van der Waals surface area contributed by atoms with Crippen molar-refractivity contribution < 1.29 is 0 Å². The van der Waals surface area contributed by atoms with Gasteiger partial charge in [-0.3, -0.25) is 10.1 Å². The van der Waals surface area contributed by atoms with E-state index in [0.29, 0.717) is 6.54 Å². The summed E-state index contributed by atoms with van der Waals surface area (Å²) in [5.74, 6) is 0. The van der Waals surface area contributed by atoms with Crippen LogP contribution in [0.4, 0.5) is 5.69 Å². The molecule has 0 amide bonds. The molecule has 0 unspecified atom stereocenters. The summed E-state index contributed by atoms with van der Waals surface area (Å²) in [5, 5.41) is 11.3. The number of halogens is 1. The van der Waals surface area contributed by atoms with E-state index in [1.807, 2.05) is 49.6 Å². The fraction of sp³-hybridized carbons (Fsp3) is 0.125. The molecule has 0 fully saturated rings. The van der Waals surface area contributed by atoms with Crippen molar-refractivity contribution in [3.05, 3.63) is 65.1 Å². The molecular formula is C16H15ClN4. The Labute approximate surface area is 128 Å². The molecule has 106 valence electrons. The van der Waals surface area contributed by atoms with Gasteiger partial charge in [-0.15, -0.1) is 0 Å². The van der Waals surface area contributed by atoms with Crippen molar-refractivity contribution in [3.63, 3.8) is 0 Å². The Balaban J connectivity index is 1.77. The minimum atomic E-state index is 0.667. The highest BCUT2D eigenvalue weighted by molar-refractivity contribution is 6.31. The zero-order valence-electron chi connectivity index (χ0n) is 11.6. The van der Waals surface area contributed by atoms with E-state index in [4.69, 9.17) is 11.6 Å². The van der Waals surface area contributed by atoms with E-state index in [-0.39, 0.29) is 0 Å². The van der Waals surface area contributed by atoms with Crippen LogP contribution in [-0.2, 0) is 6.54 Å². The number of nitrogens with zero attached hydrogens (tertiary/aromatic N) is 2. The average molecular weight is 299 g/mol. The molecule has 21 heavy (non-hydrogen) atoms. The van der Waals surface area contributed by atoms with Crippen molar-refractivity contribution in [2.75, 3.05) is 5.32 Å². The Bertz CT molecular complexity index is 737. The Morgan fingerprint density at radius 3 is 2.90 bits per heavy atom. The lowest BCUT2D eigenvalue weighted by molar-refractivity contribution is 1.09. The van der Waals surface area contributed by atoms with E-state index >= 15 is 0 Å². The molecule has 0 aliphatic heterocycles. The summed E-state index contributed by atoms with van der Waals surface area (Å²) in [6, 6.07) is 9.87. The minimum Gasteiger partial charge on any atom is -0.381 e. The lowest BCUT2D eigenvalue weighted by Crippen LogP contribution is -2.00. The maximum atomic E-state index is 6.13. The molecule has 3 rings (SSSR count). The van der Waals surface area contributed by atoms with E-state index in [2.05, 4.69) is 20.5 Å². The molecular weight excluding hydrogens is 284 g/mol. The number of aromatic amines is 1. The Kier molecular flexibility index (Phi) is 3.88. The fourth-order valence-electron chi connectivity index (χ4n) is 2.11. The molecule has 2 heterocycles. The number of pyridine rings is 1. The third kappa shape index (κ3) is 3.06. The number of anilines is 1. The zero-order chi connectivity index (χ0) is 14.7. The maximum absolute atomic E-state index is 6.13. The van der Waals surface area contributed by atoms with Crippen LogP contribution in [0.3, 0.4) is 0 Å². The van der Waals surface area contributed by atoms with Crippen molar-refractivity contribution in [1.82, 2.24) is 15.2 Å². The smallest absolute Gasteiger partial charge is 0.0715 e. The van der Waals surface area contributed by atoms with Gasteiger partial charge in [-0.05, 0) is 36.8 Å². The SMILES string of the molecule is Cc1ccc(NCc2cn[nH]c2-c2cccnc2)cc1Cl. The van der Waals surface area contributed by atoms with Crippen LogP contribution < -0.4 is 5.32 Å². The van der Waals surface area contributed by atoms with Gasteiger partial charge in [-0.2, -0.15) is 5.10 Å². The number of hydrogen-bond donors (Lipinski definition) is 2. The van der Waals surface area contributed by atoms with Gasteiger partial charge in [0.15, 0.2) is 0 Å². The number of rotatable bonds is 4. The Morgan fingerprint density at radius 2 is 2.14 bits per heavy atom. The van der Waals surface area contributed by atoms with Crippen LogP contribution in [-0.4, -0.2) is 15.2 Å². The fourth-order valence-corrected chi connectivity index (χ4v) is 2.29. The van der Waals surface area contributed by atoms with Crippen LogP contribution in [0.15, 0.2) is 48.9 Å². The topological polar surface area (TPSA) is 53.6 Å². The standard InChI is InChI=1S/C16H15ClN4/c1-11-4-5-14(7-15(11)17)19-9-13-10-20-21-16(13)12-3-2-6-18-8-12/h2-8,10,19H,9H2,1H3,(H,20,21). The van der Waals surface area contributed by atoms with Crippen LogP contribution in [0.2, 0.25) is 5.02 Å². The zero-order valence-corrected chi connectivity index (χ0v) is 12.4. The predicted molar refractivity (Wildman–Crippen MR) is 85.3 cm³/mol. The minimum absolute atomic E-state index is 0.667. The van der Waals surface area contributed by atoms with Gasteiger partial charge in [0.1, 0.15) is 0 Å². The van der Waals surface area contributed by atoms with Gasteiger partial charge in [-0.25, -0.2) is 0 Å². The van der Waals surface area contributed by atoms with E-state index in [9.17, 15) is 0 Å². The van der Waals surface area contributed by atoms with E-state index < -0.39 is 0 Å². The van der Waals surface area contributed by atoms with E-state index in [1.165, 1.54) is 0 Å². The lowest BCUT2D eigenvalue weighted by Gasteiger charge is -2.08. The molecule has 4 nitrogen and oxygen atoms in total. The second kappa shape index (κ2) is 5.97. The van der Waals surface area contributed by atoms with E-state index in [1.54, 1.807) is 6.20 Å². The van der Waals surface area contributed by atoms with Crippen LogP contribution in [0.1, 0.15) is 11.1 Å². The van der Waals surface area contributed by atoms with Gasteiger partial charge in [-0.1, -0.05) is 17.7 Å². The number of hydrogen-bond acceptors (Lipinski definition) is 3. The quantitative estimate of drug-likeness (QED) is 0.764. The molecule has 0 aliphatic rings. The van der Waals surface area contributed by atoms with Crippen LogP contribution in [0.25, 0.3) is 11.3 Å². The lowest BCUT2D eigenvalue weighted by atomic mass is 10.1. The third-order valence-corrected chi connectivity index (χ3v) is 3.73. The first-order valence-electron chi connectivity index (χ1n) is 6.67. The molecule has 0 atom stereocenters. The van der Waals surface area contributed by atoms with Crippen molar-refractivity contribution in [1.29, 1.82) is 0 Å². The molecule has 0 radical (unpaired) electrons. The summed E-state index contributed by atoms with van der Waals surface area (Å²) in [5.41, 5.74) is 5.15. The molecule has 3 aromatic rings. The number of aryl methyl sites for hydroxylation is 1. The highest BCUT2D eigenvalue weighted by atomic mass is 35.5. The second-order valence-corrected chi connectivity index (χ2v) is 5.24. The van der Waals surface area contributed by atoms with Gasteiger partial charge in [0.2, 0.25) is 0 Å². The highest BCUT2D eigenvalue weighted by Gasteiger charge is 2.07. The largest absolute Gasteiger partial charge is 0.381 e. The van der Waals surface area contributed by atoms with Crippen LogP contribution in [0, 0.1) is 6.92 Å². The predicted octanol–water partition coefficient (Wildman–Crippen LogP) is 4.05. The van der Waals surface area contributed by atoms with E-state index in [0.717, 1.165) is 33.1 Å². The normalized spacial score (nSPS) is 10.6. The van der Waals surface area contributed by atoms with Crippen molar-refractivity contribution >= 4 is 17.3 Å². The summed E-state index contributed by atoms with van der Waals surface area (Å²) >= 11 is 6.13. The molecule has 0 bridgehead atoms. The molecule has 2 aromatic heterocycles. The van der Waals surface area contributed by atoms with Gasteiger partial charge in [0, 0.05) is 40.8 Å². The average Bonchev–Trinajstić information content (AvgIpc) is 2.98. The maximum Gasteiger partial charge on any atom is 0.0715 e. The van der Waals surface area contributed by atoms with Crippen LogP contribution >= 0.6 is 11.6 Å². The molecule has 1 aromatic carbocycles. The van der Waals surface area contributed by atoms with Gasteiger partial charge in [0.05, 0.1) is 11.9 Å². The van der Waals surface area contributed by atoms with Crippen molar-refractivity contribution in [2.24, 2.45) is 0 Å². The van der Waals surface area contributed by atoms with Crippen molar-refractivity contribution in [3.8, 4) is 11.3 Å². The summed E-state index contributed by atoms with van der Waals surface area (Å²) in [7, 11) is 0. The Morgan fingerprint density at radius 1 is 1.24 bits per heavy atom. The molecule has 0 spiro atoms. The first-order valence-corrected chi connectivity index (χ1v) is 7.04. The monoisotopic (exact) mass is 298 g/mol. The number of benzene rings is 1. The van der Waals surface area contributed by atoms with Gasteiger partial charge >= 0.3 is 0 Å². The molecule has 5 heteroatoms. The summed E-state index contributed by atoms with van der Waals surface area (Å²) < 4.78 is 0.